The molecule has 24 heavy (non-hydrogen) atoms. The third-order valence-corrected chi connectivity index (χ3v) is 4.55. The fraction of sp³-hybridized carbons (Fsp3) is 0.167. The van der Waals surface area contributed by atoms with Crippen LogP contribution in [-0.2, 0) is 11.3 Å². The molecule has 0 bridgehead atoms. The van der Waals surface area contributed by atoms with E-state index < -0.39 is 0 Å². The van der Waals surface area contributed by atoms with Crippen molar-refractivity contribution in [1.82, 2.24) is 9.88 Å². The molecule has 0 radical (unpaired) electrons. The molecule has 0 fully saturated rings. The van der Waals surface area contributed by atoms with Crippen LogP contribution in [0.3, 0.4) is 0 Å². The van der Waals surface area contributed by atoms with E-state index >= 15 is 0 Å². The molecule has 0 aliphatic heterocycles. The highest BCUT2D eigenvalue weighted by atomic mass is 32.1. The zero-order chi connectivity index (χ0) is 16.9. The van der Waals surface area contributed by atoms with Crippen LogP contribution in [0.15, 0.2) is 48.5 Å². The van der Waals surface area contributed by atoms with E-state index in [9.17, 15) is 9.59 Å². The smallest absolute Gasteiger partial charge is 0.260 e. The van der Waals surface area contributed by atoms with E-state index in [0.29, 0.717) is 24.1 Å². The van der Waals surface area contributed by atoms with Gasteiger partial charge in [0.05, 0.1) is 22.3 Å². The number of carbonyl (C=O) groups is 2. The van der Waals surface area contributed by atoms with E-state index in [2.05, 4.69) is 4.98 Å². The predicted octanol–water partition coefficient (Wildman–Crippen LogP) is 3.15. The largest absolute Gasteiger partial charge is 0.483 e. The number of likely N-dealkylation sites (N-methyl/N-ethyl adjacent to an activating group) is 1. The summed E-state index contributed by atoms with van der Waals surface area (Å²) in [7, 11) is 1.71. The summed E-state index contributed by atoms with van der Waals surface area (Å²) >= 11 is 1.57. The molecule has 3 rings (SSSR count). The molecule has 6 heteroatoms. The highest BCUT2D eigenvalue weighted by molar-refractivity contribution is 7.18. The molecular formula is C18H16N2O3S. The van der Waals surface area contributed by atoms with Crippen LogP contribution >= 0.6 is 11.3 Å². The summed E-state index contributed by atoms with van der Waals surface area (Å²) in [5.74, 6) is 0.240. The summed E-state index contributed by atoms with van der Waals surface area (Å²) in [5.41, 5.74) is 1.37. The fourth-order valence-corrected chi connectivity index (χ4v) is 3.26. The van der Waals surface area contributed by atoms with E-state index in [-0.39, 0.29) is 12.5 Å². The number of rotatable bonds is 6. The topological polar surface area (TPSA) is 59.5 Å². The predicted molar refractivity (Wildman–Crippen MR) is 93.4 cm³/mol. The first-order valence-electron chi connectivity index (χ1n) is 7.43. The van der Waals surface area contributed by atoms with E-state index in [1.54, 1.807) is 47.5 Å². The Kier molecular flexibility index (Phi) is 4.86. The van der Waals surface area contributed by atoms with Gasteiger partial charge in [-0.15, -0.1) is 11.3 Å². The van der Waals surface area contributed by atoms with Gasteiger partial charge in [-0.2, -0.15) is 0 Å². The summed E-state index contributed by atoms with van der Waals surface area (Å²) < 4.78 is 6.57. The minimum absolute atomic E-state index is 0.119. The third kappa shape index (κ3) is 3.60. The van der Waals surface area contributed by atoms with E-state index in [0.717, 1.165) is 15.2 Å². The molecule has 1 aromatic heterocycles. The molecule has 0 atom stereocenters. The van der Waals surface area contributed by atoms with Gasteiger partial charge in [-0.1, -0.05) is 24.3 Å². The molecule has 0 aliphatic carbocycles. The minimum Gasteiger partial charge on any atom is -0.483 e. The highest BCUT2D eigenvalue weighted by Gasteiger charge is 2.13. The fourth-order valence-electron chi connectivity index (χ4n) is 2.24. The summed E-state index contributed by atoms with van der Waals surface area (Å²) in [4.78, 5) is 29.3. The Hall–Kier alpha value is -2.73. The second-order valence-electron chi connectivity index (χ2n) is 5.27. The number of fused-ring (bicyclic) bond motifs is 1. The zero-order valence-corrected chi connectivity index (χ0v) is 14.0. The Morgan fingerprint density at radius 3 is 2.75 bits per heavy atom. The number of benzene rings is 2. The standard InChI is InChI=1S/C18H16N2O3S/c1-20(10-17-19-14-7-3-5-9-16(14)24-17)18(22)12-23-15-8-4-2-6-13(15)11-21/h2-9,11H,10,12H2,1H3. The van der Waals surface area contributed by atoms with E-state index in [1.807, 2.05) is 24.3 Å². The third-order valence-electron chi connectivity index (χ3n) is 3.53. The second-order valence-corrected chi connectivity index (χ2v) is 6.38. The number of amides is 1. The van der Waals surface area contributed by atoms with Crippen molar-refractivity contribution in [2.75, 3.05) is 13.7 Å². The maximum Gasteiger partial charge on any atom is 0.260 e. The molecule has 1 heterocycles. The number of hydrogen-bond acceptors (Lipinski definition) is 5. The van der Waals surface area contributed by atoms with Gasteiger partial charge >= 0.3 is 0 Å². The Bertz CT molecular complexity index is 842. The first kappa shape index (κ1) is 16.1. The van der Waals surface area contributed by atoms with Gasteiger partial charge in [0, 0.05) is 7.05 Å². The lowest BCUT2D eigenvalue weighted by atomic mass is 10.2. The van der Waals surface area contributed by atoms with Crippen LogP contribution in [0.5, 0.6) is 5.75 Å². The molecule has 0 aliphatic rings. The number of hydrogen-bond donors (Lipinski definition) is 0. The lowest BCUT2D eigenvalue weighted by Gasteiger charge is -2.16. The van der Waals surface area contributed by atoms with Crippen LogP contribution in [0.25, 0.3) is 10.2 Å². The molecule has 122 valence electrons. The molecule has 1 amide bonds. The van der Waals surface area contributed by atoms with Crippen molar-refractivity contribution >= 4 is 33.7 Å². The SMILES string of the molecule is CN(Cc1nc2ccccc2s1)C(=O)COc1ccccc1C=O. The quantitative estimate of drug-likeness (QED) is 0.647. The van der Waals surface area contributed by atoms with Crippen LogP contribution in [0.1, 0.15) is 15.4 Å². The molecule has 5 nitrogen and oxygen atoms in total. The van der Waals surface area contributed by atoms with Crippen molar-refractivity contribution in [2.24, 2.45) is 0 Å². The Morgan fingerprint density at radius 1 is 1.21 bits per heavy atom. The first-order valence-corrected chi connectivity index (χ1v) is 8.24. The first-order chi connectivity index (χ1) is 11.7. The van der Waals surface area contributed by atoms with Crippen molar-refractivity contribution in [3.05, 3.63) is 59.1 Å². The lowest BCUT2D eigenvalue weighted by Crippen LogP contribution is -2.31. The van der Waals surface area contributed by atoms with Gasteiger partial charge in [0.25, 0.3) is 5.91 Å². The Labute approximate surface area is 143 Å². The number of carbonyl (C=O) groups excluding carboxylic acids is 2. The number of nitrogens with zero attached hydrogens (tertiary/aromatic N) is 2. The van der Waals surface area contributed by atoms with Gasteiger partial charge in [0.2, 0.25) is 0 Å². The van der Waals surface area contributed by atoms with Crippen LogP contribution in [-0.4, -0.2) is 35.7 Å². The molecule has 2 aromatic carbocycles. The van der Waals surface area contributed by atoms with Crippen molar-refractivity contribution in [3.8, 4) is 5.75 Å². The van der Waals surface area contributed by atoms with E-state index in [4.69, 9.17) is 4.74 Å². The van der Waals surface area contributed by atoms with Crippen LogP contribution in [0.2, 0.25) is 0 Å². The molecule has 0 saturated carbocycles. The molecule has 0 N–H and O–H groups in total. The zero-order valence-electron chi connectivity index (χ0n) is 13.1. The van der Waals surface area contributed by atoms with Gasteiger partial charge in [-0.3, -0.25) is 9.59 Å². The Balaban J connectivity index is 1.61. The van der Waals surface area contributed by atoms with Gasteiger partial charge in [0.1, 0.15) is 10.8 Å². The second kappa shape index (κ2) is 7.23. The monoisotopic (exact) mass is 340 g/mol. The number of para-hydroxylation sites is 2. The number of ether oxygens (including phenoxy) is 1. The van der Waals surface area contributed by atoms with Crippen LogP contribution in [0.4, 0.5) is 0 Å². The van der Waals surface area contributed by atoms with Crippen LogP contribution in [0, 0.1) is 0 Å². The van der Waals surface area contributed by atoms with Crippen molar-refractivity contribution < 1.29 is 14.3 Å². The van der Waals surface area contributed by atoms with Crippen molar-refractivity contribution in [2.45, 2.75) is 6.54 Å². The van der Waals surface area contributed by atoms with Gasteiger partial charge in [-0.25, -0.2) is 4.98 Å². The maximum atomic E-state index is 12.2. The molecular weight excluding hydrogens is 324 g/mol. The van der Waals surface area contributed by atoms with Gasteiger partial charge in [-0.05, 0) is 24.3 Å². The molecule has 3 aromatic rings. The number of aromatic nitrogens is 1. The average Bonchev–Trinajstić information content (AvgIpc) is 3.02. The van der Waals surface area contributed by atoms with Gasteiger partial charge in [0.15, 0.2) is 12.9 Å². The average molecular weight is 340 g/mol. The Morgan fingerprint density at radius 2 is 1.96 bits per heavy atom. The maximum absolute atomic E-state index is 12.2. The summed E-state index contributed by atoms with van der Waals surface area (Å²) in [6, 6.07) is 14.7. The van der Waals surface area contributed by atoms with Crippen molar-refractivity contribution in [3.63, 3.8) is 0 Å². The normalized spacial score (nSPS) is 10.5. The van der Waals surface area contributed by atoms with Crippen LogP contribution < -0.4 is 4.74 Å². The number of thiazole rings is 1. The molecule has 0 spiro atoms. The van der Waals surface area contributed by atoms with E-state index in [1.165, 1.54) is 0 Å². The number of aldehydes is 1. The summed E-state index contributed by atoms with van der Waals surface area (Å²) in [6.45, 7) is 0.309. The molecule has 0 unspecified atom stereocenters. The molecule has 0 saturated heterocycles. The lowest BCUT2D eigenvalue weighted by molar-refractivity contribution is -0.132. The highest BCUT2D eigenvalue weighted by Crippen LogP contribution is 2.22. The van der Waals surface area contributed by atoms with Gasteiger partial charge < -0.3 is 9.64 Å². The summed E-state index contributed by atoms with van der Waals surface area (Å²) in [6.07, 6.45) is 0.713. The van der Waals surface area contributed by atoms with Crippen molar-refractivity contribution in [1.29, 1.82) is 0 Å². The summed E-state index contributed by atoms with van der Waals surface area (Å²) in [5, 5.41) is 0.875. The minimum atomic E-state index is -0.171.